The number of alkyl carbamates (subject to hydrolysis) is 1. The molecule has 24 heteroatoms. The van der Waals surface area contributed by atoms with Gasteiger partial charge in [-0.1, -0.05) is 100 Å². The number of aliphatic hydroxyl groups excluding tert-OH is 3. The zero-order valence-electron chi connectivity index (χ0n) is 45.3. The number of aliphatic hydroxyl groups is 3. The molecule has 5 rings (SSSR count). The van der Waals surface area contributed by atoms with Crippen molar-refractivity contribution in [2.45, 2.75) is 152 Å². The molecule has 22 nitrogen and oxygen atoms in total. The third kappa shape index (κ3) is 20.5. The Balaban J connectivity index is 1.57. The van der Waals surface area contributed by atoms with Crippen LogP contribution in [-0.2, 0) is 57.6 Å². The highest BCUT2D eigenvalue weighted by Gasteiger charge is 2.37. The lowest BCUT2D eigenvalue weighted by Gasteiger charge is -2.30. The average molecular weight is 1130 g/mol. The van der Waals surface area contributed by atoms with Crippen LogP contribution < -0.4 is 48.3 Å². The lowest BCUT2D eigenvalue weighted by atomic mass is 10.0. The molecule has 0 bridgehead atoms. The Morgan fingerprint density at radius 2 is 1.27 bits per heavy atom. The second-order valence-corrected chi connectivity index (χ2v) is 23.1. The van der Waals surface area contributed by atoms with E-state index >= 15 is 0 Å². The fourth-order valence-electron chi connectivity index (χ4n) is 8.52. The molecule has 1 saturated heterocycles. The fraction of sp³-hybridized carbons (Fsp3) is 0.491. The van der Waals surface area contributed by atoms with Crippen molar-refractivity contribution in [2.24, 2.45) is 5.73 Å². The molecule has 4 aromatic rings. The van der Waals surface area contributed by atoms with Crippen LogP contribution in [0.3, 0.4) is 0 Å². The first-order valence-electron chi connectivity index (χ1n) is 26.3. The van der Waals surface area contributed by atoms with Crippen molar-refractivity contribution in [2.75, 3.05) is 18.1 Å². The highest BCUT2D eigenvalue weighted by atomic mass is 33.1. The number of benzene rings is 3. The lowest BCUT2D eigenvalue weighted by molar-refractivity contribution is -0.136. The first-order chi connectivity index (χ1) is 37.5. The number of amides is 8. The number of H-pyrrole nitrogens is 1. The summed E-state index contributed by atoms with van der Waals surface area (Å²) in [7, 11) is 2.03. The number of fused-ring (bicyclic) bond motifs is 1. The van der Waals surface area contributed by atoms with Gasteiger partial charge in [-0.2, -0.15) is 0 Å². The van der Waals surface area contributed by atoms with Gasteiger partial charge in [-0.25, -0.2) is 4.79 Å². The van der Waals surface area contributed by atoms with Gasteiger partial charge in [-0.05, 0) is 90.0 Å². The smallest absolute Gasteiger partial charge is 0.407 e. The Hall–Kier alpha value is -6.70. The molecule has 2 unspecified atom stereocenters. The quantitative estimate of drug-likeness (QED) is 0.0491. The van der Waals surface area contributed by atoms with Crippen molar-refractivity contribution < 1.29 is 58.4 Å². The molecule has 1 aliphatic heterocycles. The number of rotatable bonds is 18. The van der Waals surface area contributed by atoms with Gasteiger partial charge in [0.25, 0.3) is 0 Å². The maximum Gasteiger partial charge on any atom is 0.407 e. The van der Waals surface area contributed by atoms with E-state index in [-0.39, 0.29) is 50.2 Å². The van der Waals surface area contributed by atoms with Gasteiger partial charge >= 0.3 is 6.09 Å². The lowest BCUT2D eigenvalue weighted by Crippen LogP contribution is -2.62. The molecule has 11 atom stereocenters. The maximum atomic E-state index is 14.9. The van der Waals surface area contributed by atoms with Gasteiger partial charge in [-0.15, -0.1) is 0 Å². The second kappa shape index (κ2) is 30.6. The summed E-state index contributed by atoms with van der Waals surface area (Å²) >= 11 is 0. The van der Waals surface area contributed by atoms with E-state index in [1.807, 2.05) is 30.3 Å². The average Bonchev–Trinajstić information content (AvgIpc) is 3.82. The molecule has 1 fully saturated rings. The van der Waals surface area contributed by atoms with Gasteiger partial charge in [-0.3, -0.25) is 33.6 Å². The van der Waals surface area contributed by atoms with Crippen molar-refractivity contribution in [1.29, 1.82) is 0 Å². The van der Waals surface area contributed by atoms with Crippen LogP contribution in [0.1, 0.15) is 77.5 Å². The van der Waals surface area contributed by atoms with Gasteiger partial charge in [0, 0.05) is 48.0 Å². The molecule has 1 aliphatic rings. The number of carbonyl (C=O) groups excluding carboxylic acids is 8. The summed E-state index contributed by atoms with van der Waals surface area (Å²) in [5, 5.41) is 54.2. The Morgan fingerprint density at radius 1 is 0.696 bits per heavy atom. The standard InChI is InChI=1S/C55H76N10O12S2/c1-31(66)45(32(2)67)64-52(74)44-30-79-78-29-43(62-47(69)38(56)25-34-17-9-7-10-18-34)51(73)60-41(26-35-19-11-8-12-20-35)49(71)61-42(27-36-28-58-39-22-14-13-21-37(36)39)50(72)59-40(48(70)65-46(33(3)68)53(75)63-44)23-15-16-24-57-54(76)77-55(4,5)6/h7-14,17-22,28,31-33,38,40-46,58,66-68H,15-16,23-27,29-30,56H2,1-6H3,(H,57,76)(H,59,72)(H,60,73)(H,61,71)(H,62,69)(H,63,75)(H,64,74)(H,65,70)/t31-,32?,33-,38-,40+,41+,42-,43+,44+,45?,46+/m1/s1. The van der Waals surface area contributed by atoms with Crippen LogP contribution in [-0.4, -0.2) is 158 Å². The number of hydrogen-bond donors (Lipinski definition) is 13. The Morgan fingerprint density at radius 3 is 1.90 bits per heavy atom. The molecule has 3 aromatic carbocycles. The third-order valence-electron chi connectivity index (χ3n) is 12.7. The second-order valence-electron chi connectivity index (χ2n) is 20.6. The minimum Gasteiger partial charge on any atom is -0.444 e. The van der Waals surface area contributed by atoms with E-state index in [4.69, 9.17) is 10.5 Å². The van der Waals surface area contributed by atoms with Crippen LogP contribution >= 0.6 is 21.6 Å². The minimum atomic E-state index is -1.73. The maximum absolute atomic E-state index is 14.9. The number of unbranched alkanes of at least 4 members (excludes halogenated alkanes) is 1. The molecule has 2 heterocycles. The Labute approximate surface area is 467 Å². The van der Waals surface area contributed by atoms with Crippen LogP contribution in [0.25, 0.3) is 10.9 Å². The van der Waals surface area contributed by atoms with E-state index in [1.165, 1.54) is 20.8 Å². The summed E-state index contributed by atoms with van der Waals surface area (Å²) in [6.45, 7) is 9.20. The molecule has 8 amide bonds. The van der Waals surface area contributed by atoms with Crippen LogP contribution in [0, 0.1) is 0 Å². The van der Waals surface area contributed by atoms with E-state index in [0.717, 1.165) is 38.1 Å². The topological polar surface area (TPSA) is 345 Å². The summed E-state index contributed by atoms with van der Waals surface area (Å²) in [6.07, 6.45) is -2.70. The SMILES string of the molecule is CC(O)C(NC(=O)[C@@H]1CSSC[C@H](NC(=O)[C@H](N)Cc2ccccc2)C(=O)N[C@@H](Cc2ccccc2)C(=O)N[C@H](Cc2c[nH]c3ccccc23)C(=O)N[C@@H](CCCCNC(=O)OC(C)(C)C)C(=O)N[C@@H]([C@@H](C)O)C(=O)N1)[C@@H](C)O. The van der Waals surface area contributed by atoms with Crippen molar-refractivity contribution in [3.63, 3.8) is 0 Å². The first-order valence-corrected chi connectivity index (χ1v) is 28.7. The Bertz CT molecular complexity index is 2660. The van der Waals surface area contributed by atoms with Gasteiger partial charge < -0.3 is 73.3 Å². The van der Waals surface area contributed by atoms with E-state index in [2.05, 4.69) is 47.5 Å². The van der Waals surface area contributed by atoms with Crippen LogP contribution in [0.4, 0.5) is 4.79 Å². The number of nitrogens with one attached hydrogen (secondary N) is 9. The molecular formula is C55H76N10O12S2. The normalized spacial score (nSPS) is 22.2. The minimum absolute atomic E-state index is 0.0740. The summed E-state index contributed by atoms with van der Waals surface area (Å²) in [5.41, 5.74) is 8.39. The number of nitrogens with two attached hydrogens (primary N) is 1. The van der Waals surface area contributed by atoms with Crippen molar-refractivity contribution >= 4 is 79.9 Å². The molecular weight excluding hydrogens is 1060 g/mol. The molecule has 0 aliphatic carbocycles. The largest absolute Gasteiger partial charge is 0.444 e. The molecule has 0 radical (unpaired) electrons. The first kappa shape index (κ1) is 63.1. The van der Waals surface area contributed by atoms with Crippen LogP contribution in [0.2, 0.25) is 0 Å². The molecule has 430 valence electrons. The number of ether oxygens (including phenoxy) is 1. The monoisotopic (exact) mass is 1130 g/mol. The van der Waals surface area contributed by atoms with Gasteiger partial charge in [0.1, 0.15) is 41.9 Å². The Kier molecular flexibility index (Phi) is 24.5. The molecule has 0 spiro atoms. The molecule has 0 saturated carbocycles. The highest BCUT2D eigenvalue weighted by molar-refractivity contribution is 8.76. The predicted molar refractivity (Wildman–Crippen MR) is 302 cm³/mol. The highest BCUT2D eigenvalue weighted by Crippen LogP contribution is 2.25. The number of carbonyl (C=O) groups is 8. The zero-order valence-corrected chi connectivity index (χ0v) is 46.9. The van der Waals surface area contributed by atoms with E-state index in [1.54, 1.807) is 81.6 Å². The van der Waals surface area contributed by atoms with Crippen molar-refractivity contribution in [1.82, 2.24) is 47.5 Å². The van der Waals surface area contributed by atoms with E-state index in [9.17, 15) is 53.7 Å². The third-order valence-corrected chi connectivity index (χ3v) is 15.2. The van der Waals surface area contributed by atoms with E-state index in [0.29, 0.717) is 17.5 Å². The van der Waals surface area contributed by atoms with Gasteiger partial charge in [0.2, 0.25) is 41.4 Å². The summed E-state index contributed by atoms with van der Waals surface area (Å²) in [5.74, 6) is -6.32. The van der Waals surface area contributed by atoms with Crippen molar-refractivity contribution in [3.05, 3.63) is 108 Å². The number of para-hydroxylation sites is 1. The van der Waals surface area contributed by atoms with Crippen LogP contribution in [0.15, 0.2) is 91.1 Å². The summed E-state index contributed by atoms with van der Waals surface area (Å²) in [4.78, 5) is 117. The van der Waals surface area contributed by atoms with Crippen molar-refractivity contribution in [3.8, 4) is 0 Å². The zero-order chi connectivity index (χ0) is 57.8. The fourth-order valence-corrected chi connectivity index (χ4v) is 10.8. The van der Waals surface area contributed by atoms with E-state index < -0.39 is 120 Å². The summed E-state index contributed by atoms with van der Waals surface area (Å²) < 4.78 is 5.33. The number of hydrogen-bond acceptors (Lipinski definition) is 15. The number of aromatic amines is 1. The van der Waals surface area contributed by atoms with Gasteiger partial charge in [0.15, 0.2) is 0 Å². The number of aromatic nitrogens is 1. The molecule has 1 aromatic heterocycles. The summed E-state index contributed by atoms with van der Waals surface area (Å²) in [6, 6.07) is 14.0. The van der Waals surface area contributed by atoms with Gasteiger partial charge in [0.05, 0.1) is 30.4 Å². The van der Waals surface area contributed by atoms with Crippen LogP contribution in [0.5, 0.6) is 0 Å². The predicted octanol–water partition coefficient (Wildman–Crippen LogP) is 1.15. The molecule has 79 heavy (non-hydrogen) atoms. The molecule has 14 N–H and O–H groups in total.